The quantitative estimate of drug-likeness (QED) is 0.0668. The molecule has 0 saturated carbocycles. The molecule has 0 amide bonds. The van der Waals surface area contributed by atoms with E-state index in [-0.39, 0.29) is 45.0 Å². The van der Waals surface area contributed by atoms with Crippen LogP contribution in [0.3, 0.4) is 0 Å². The van der Waals surface area contributed by atoms with Crippen LogP contribution in [-0.2, 0) is 52.4 Å². The summed E-state index contributed by atoms with van der Waals surface area (Å²) in [5.74, 6) is 2.30. The maximum absolute atomic E-state index is 12.3. The first-order valence-electron chi connectivity index (χ1n) is 10.8. The summed E-state index contributed by atoms with van der Waals surface area (Å²) in [4.78, 5) is 62.3. The van der Waals surface area contributed by atoms with E-state index in [1.54, 1.807) is 0 Å². The molecule has 0 bridgehead atoms. The normalized spacial score (nSPS) is 22.7. The minimum atomic E-state index is -5.73. The second-order valence-electron chi connectivity index (χ2n) is 7.56. The number of nitrogens with one attached hydrogen (secondary N) is 1. The Hall–Kier alpha value is -1.55. The maximum Gasteiger partial charge on any atom is 0.490 e. The number of aromatic nitrogens is 2. The highest BCUT2D eigenvalue weighted by Crippen LogP contribution is 2.66. The molecule has 19 nitrogen and oxygen atoms in total. The standard InChI is InChI=1S/C17H27N2O17P3/c1-2-3-30-4-5-31-6-7-32-10-12-9-19(17(22)18-16(12)21)15-8-13(20)14(34-15)11-33-38(26,27)36-39(28,29)35-37(23,24)25/h1,9,13-15,20H,3-8,10-11H2,(H,26,27)(H,28,29)(H,18,21,22)(H2,23,24,25)/t13-,14+,15+/m0/s1. The molecule has 0 aromatic carbocycles. The van der Waals surface area contributed by atoms with E-state index in [2.05, 4.69) is 24.0 Å². The first kappa shape index (κ1) is 33.7. The number of terminal acetylenes is 1. The van der Waals surface area contributed by atoms with Gasteiger partial charge in [0.15, 0.2) is 0 Å². The van der Waals surface area contributed by atoms with Crippen LogP contribution in [0.5, 0.6) is 0 Å². The summed E-state index contributed by atoms with van der Waals surface area (Å²) in [6.45, 7) is -0.109. The molecule has 5 atom stereocenters. The average Bonchev–Trinajstić information content (AvgIpc) is 3.15. The fraction of sp³-hybridized carbons (Fsp3) is 0.647. The molecule has 2 rings (SSSR count). The topological polar surface area (TPSA) is 272 Å². The van der Waals surface area contributed by atoms with Crippen LogP contribution in [0, 0.1) is 12.3 Å². The lowest BCUT2D eigenvalue weighted by Crippen LogP contribution is -2.34. The summed E-state index contributed by atoms with van der Waals surface area (Å²) >= 11 is 0. The number of H-pyrrole nitrogens is 1. The number of ether oxygens (including phenoxy) is 4. The third kappa shape index (κ3) is 12.2. The van der Waals surface area contributed by atoms with Crippen LogP contribution in [0.2, 0.25) is 0 Å². The Kier molecular flexibility index (Phi) is 12.9. The van der Waals surface area contributed by atoms with Crippen molar-refractivity contribution in [2.75, 3.05) is 39.6 Å². The lowest BCUT2D eigenvalue weighted by Gasteiger charge is -2.19. The molecule has 1 aliphatic rings. The van der Waals surface area contributed by atoms with Gasteiger partial charge in [-0.3, -0.25) is 18.9 Å². The van der Waals surface area contributed by atoms with E-state index in [4.69, 9.17) is 35.2 Å². The number of phosphoric ester groups is 1. The van der Waals surface area contributed by atoms with Crippen molar-refractivity contribution in [2.45, 2.75) is 31.5 Å². The fourth-order valence-corrected chi connectivity index (χ4v) is 6.03. The van der Waals surface area contributed by atoms with Gasteiger partial charge >= 0.3 is 29.2 Å². The highest BCUT2D eigenvalue weighted by Gasteiger charge is 2.43. The van der Waals surface area contributed by atoms with E-state index < -0.39 is 59.8 Å². The predicted molar refractivity (Wildman–Crippen MR) is 126 cm³/mol. The van der Waals surface area contributed by atoms with Crippen LogP contribution in [0.1, 0.15) is 18.2 Å². The summed E-state index contributed by atoms with van der Waals surface area (Å²) in [6, 6.07) is 0. The molecule has 22 heteroatoms. The lowest BCUT2D eigenvalue weighted by atomic mass is 10.2. The van der Waals surface area contributed by atoms with E-state index in [1.165, 1.54) is 0 Å². The Morgan fingerprint density at radius 1 is 1.03 bits per heavy atom. The smallest absolute Gasteiger partial charge is 0.390 e. The van der Waals surface area contributed by atoms with E-state index in [9.17, 15) is 38.2 Å². The molecule has 1 aromatic heterocycles. The summed E-state index contributed by atoms with van der Waals surface area (Å²) in [6.07, 6.45) is 1.99. The number of rotatable bonds is 17. The molecule has 0 radical (unpaired) electrons. The second kappa shape index (κ2) is 14.9. The van der Waals surface area contributed by atoms with Crippen molar-refractivity contribution in [3.63, 3.8) is 0 Å². The maximum atomic E-state index is 12.3. The first-order valence-corrected chi connectivity index (χ1v) is 15.3. The average molecular weight is 624 g/mol. The Morgan fingerprint density at radius 2 is 1.67 bits per heavy atom. The van der Waals surface area contributed by atoms with Gasteiger partial charge in [0, 0.05) is 12.6 Å². The van der Waals surface area contributed by atoms with E-state index in [0.717, 1.165) is 10.8 Å². The molecule has 2 heterocycles. The van der Waals surface area contributed by atoms with Crippen molar-refractivity contribution in [3.05, 3.63) is 32.6 Å². The third-order valence-corrected chi connectivity index (χ3v) is 8.36. The van der Waals surface area contributed by atoms with Gasteiger partial charge in [0.1, 0.15) is 18.9 Å². The number of aromatic amines is 1. The zero-order valence-electron chi connectivity index (χ0n) is 20.0. The van der Waals surface area contributed by atoms with E-state index in [0.29, 0.717) is 6.61 Å². The zero-order chi connectivity index (χ0) is 29.3. The Labute approximate surface area is 220 Å². The summed E-state index contributed by atoms with van der Waals surface area (Å²) in [5, 5.41) is 10.2. The highest BCUT2D eigenvalue weighted by molar-refractivity contribution is 7.66. The number of aliphatic hydroxyl groups is 1. The molecule has 1 saturated heterocycles. The van der Waals surface area contributed by atoms with Crippen LogP contribution in [0.15, 0.2) is 15.8 Å². The third-order valence-electron chi connectivity index (χ3n) is 4.56. The highest BCUT2D eigenvalue weighted by atomic mass is 31.3. The van der Waals surface area contributed by atoms with Gasteiger partial charge < -0.3 is 43.6 Å². The number of nitrogens with zero attached hydrogens (tertiary/aromatic N) is 1. The molecule has 39 heavy (non-hydrogen) atoms. The van der Waals surface area contributed by atoms with Gasteiger partial charge in [-0.05, 0) is 0 Å². The molecule has 6 N–H and O–H groups in total. The zero-order valence-corrected chi connectivity index (χ0v) is 22.7. The molecule has 222 valence electrons. The van der Waals surface area contributed by atoms with Crippen LogP contribution < -0.4 is 11.2 Å². The van der Waals surface area contributed by atoms with Crippen LogP contribution in [-0.4, -0.2) is 86.1 Å². The van der Waals surface area contributed by atoms with E-state index in [1.807, 2.05) is 0 Å². The lowest BCUT2D eigenvalue weighted by molar-refractivity contribution is -0.0452. The SMILES string of the molecule is C#CCOCCOCCOCc1cn([C@H]2C[C@H](O)[C@@H](COP(=O)(O)OP(=O)(O)OP(=O)(O)O)O2)c(=O)[nH]c1=O. The molecular formula is C17H27N2O17P3. The second-order valence-corrected chi connectivity index (χ2v) is 12.0. The van der Waals surface area contributed by atoms with Gasteiger partial charge in [0.25, 0.3) is 5.56 Å². The molecule has 0 aliphatic carbocycles. The molecule has 1 aromatic rings. The van der Waals surface area contributed by atoms with Gasteiger partial charge in [-0.2, -0.15) is 8.62 Å². The van der Waals surface area contributed by atoms with Crippen LogP contribution in [0.4, 0.5) is 0 Å². The Morgan fingerprint density at radius 3 is 2.31 bits per heavy atom. The summed E-state index contributed by atoms with van der Waals surface area (Å²) in [5.41, 5.74) is -1.60. The van der Waals surface area contributed by atoms with Gasteiger partial charge in [-0.25, -0.2) is 18.5 Å². The molecule has 0 spiro atoms. The molecule has 1 aliphatic heterocycles. The number of phosphoric acid groups is 3. The van der Waals surface area contributed by atoms with Gasteiger partial charge in [0.05, 0.1) is 51.3 Å². The van der Waals surface area contributed by atoms with E-state index >= 15 is 0 Å². The van der Waals surface area contributed by atoms with Gasteiger partial charge in [-0.15, -0.1) is 6.42 Å². The Bertz CT molecular complexity index is 1250. The molecule has 1 fully saturated rings. The minimum absolute atomic E-state index is 0.0294. The molecule has 2 unspecified atom stereocenters. The van der Waals surface area contributed by atoms with Gasteiger partial charge in [-0.1, -0.05) is 5.92 Å². The van der Waals surface area contributed by atoms with Gasteiger partial charge in [0.2, 0.25) is 0 Å². The van der Waals surface area contributed by atoms with Crippen molar-refractivity contribution in [1.82, 2.24) is 9.55 Å². The largest absolute Gasteiger partial charge is 0.490 e. The van der Waals surface area contributed by atoms with Crippen molar-refractivity contribution in [3.8, 4) is 12.3 Å². The predicted octanol–water partition coefficient (Wildman–Crippen LogP) is -1.29. The van der Waals surface area contributed by atoms with Crippen molar-refractivity contribution in [1.29, 1.82) is 0 Å². The van der Waals surface area contributed by atoms with Crippen LogP contribution >= 0.6 is 23.5 Å². The fourth-order valence-electron chi connectivity index (χ4n) is 3.00. The summed E-state index contributed by atoms with van der Waals surface area (Å²) < 4.78 is 67.6. The van der Waals surface area contributed by atoms with Crippen molar-refractivity contribution in [2.24, 2.45) is 0 Å². The molecular weight excluding hydrogens is 597 g/mol. The van der Waals surface area contributed by atoms with Crippen LogP contribution in [0.25, 0.3) is 0 Å². The first-order chi connectivity index (χ1) is 18.1. The van der Waals surface area contributed by atoms with Crippen molar-refractivity contribution < 1.29 is 70.5 Å². The monoisotopic (exact) mass is 624 g/mol. The summed E-state index contributed by atoms with van der Waals surface area (Å²) in [7, 11) is -16.7. The Balaban J connectivity index is 1.91. The number of aliphatic hydroxyl groups excluding tert-OH is 1. The minimum Gasteiger partial charge on any atom is -0.390 e. The van der Waals surface area contributed by atoms with Crippen molar-refractivity contribution >= 4 is 23.5 Å². The number of hydrogen-bond donors (Lipinski definition) is 6. The number of hydrogen-bond acceptors (Lipinski definition) is 13.